The van der Waals surface area contributed by atoms with Crippen LogP contribution in [0.25, 0.3) is 0 Å². The van der Waals surface area contributed by atoms with Crippen molar-refractivity contribution in [2.24, 2.45) is 0 Å². The lowest BCUT2D eigenvalue weighted by molar-refractivity contribution is 0.0933. The van der Waals surface area contributed by atoms with Crippen LogP contribution < -0.4 is 5.32 Å². The summed E-state index contributed by atoms with van der Waals surface area (Å²) >= 11 is 0. The molecule has 1 amide bonds. The van der Waals surface area contributed by atoms with Gasteiger partial charge in [-0.05, 0) is 26.3 Å². The largest absolute Gasteiger partial charge is 0.337 e. The van der Waals surface area contributed by atoms with Crippen LogP contribution in [-0.2, 0) is 6.54 Å². The van der Waals surface area contributed by atoms with Gasteiger partial charge in [-0.3, -0.25) is 9.48 Å². The van der Waals surface area contributed by atoms with Gasteiger partial charge < -0.3 is 5.32 Å². The molecule has 0 spiro atoms. The predicted octanol–water partition coefficient (Wildman–Crippen LogP) is 1.74. The van der Waals surface area contributed by atoms with Gasteiger partial charge in [0, 0.05) is 6.54 Å². The summed E-state index contributed by atoms with van der Waals surface area (Å²) in [7, 11) is 0. The molecule has 92 valence electrons. The molecule has 0 aliphatic heterocycles. The zero-order valence-corrected chi connectivity index (χ0v) is 10.7. The molecule has 0 aliphatic rings. The van der Waals surface area contributed by atoms with Crippen LogP contribution in [0.1, 0.15) is 42.9 Å². The van der Waals surface area contributed by atoms with E-state index in [9.17, 15) is 4.79 Å². The van der Waals surface area contributed by atoms with Crippen molar-refractivity contribution in [3.05, 3.63) is 17.5 Å². The zero-order valence-electron chi connectivity index (χ0n) is 10.7. The van der Waals surface area contributed by atoms with E-state index < -0.39 is 0 Å². The van der Waals surface area contributed by atoms with E-state index in [1.54, 1.807) is 10.7 Å². The molecular weight excluding hydrogens is 214 g/mol. The maximum absolute atomic E-state index is 12.0. The fourth-order valence-corrected chi connectivity index (χ4v) is 1.69. The molecular formula is C13H19N3O. The molecule has 0 bridgehead atoms. The topological polar surface area (TPSA) is 46.9 Å². The number of nitrogens with zero attached hydrogens (tertiary/aromatic N) is 2. The second kappa shape index (κ2) is 6.09. The second-order valence-corrected chi connectivity index (χ2v) is 3.97. The lowest BCUT2D eigenvalue weighted by atomic mass is 10.2. The molecule has 1 atom stereocenters. The first-order valence-electron chi connectivity index (χ1n) is 5.93. The minimum Gasteiger partial charge on any atom is -0.337 e. The normalized spacial score (nSPS) is 11.9. The van der Waals surface area contributed by atoms with E-state index in [4.69, 9.17) is 6.42 Å². The molecule has 0 aliphatic carbocycles. The highest BCUT2D eigenvalue weighted by atomic mass is 16.2. The first kappa shape index (κ1) is 13.3. The van der Waals surface area contributed by atoms with Crippen LogP contribution in [0.2, 0.25) is 0 Å². The van der Waals surface area contributed by atoms with E-state index in [-0.39, 0.29) is 11.9 Å². The monoisotopic (exact) mass is 233 g/mol. The van der Waals surface area contributed by atoms with Crippen LogP contribution in [0, 0.1) is 19.3 Å². The van der Waals surface area contributed by atoms with E-state index in [1.807, 2.05) is 20.8 Å². The molecule has 0 saturated heterocycles. The maximum Gasteiger partial charge on any atom is 0.270 e. The first-order chi connectivity index (χ1) is 8.12. The molecule has 1 heterocycles. The first-order valence-corrected chi connectivity index (χ1v) is 5.93. The summed E-state index contributed by atoms with van der Waals surface area (Å²) in [5, 5.41) is 7.07. The van der Waals surface area contributed by atoms with Crippen molar-refractivity contribution in [2.45, 2.75) is 46.2 Å². The summed E-state index contributed by atoms with van der Waals surface area (Å²) in [5.74, 6) is 2.44. The molecule has 0 saturated carbocycles. The number of amides is 1. The Kier molecular flexibility index (Phi) is 4.77. The lowest BCUT2D eigenvalue weighted by Gasteiger charge is -2.12. The fraction of sp³-hybridized carbons (Fsp3) is 0.538. The van der Waals surface area contributed by atoms with E-state index in [0.717, 1.165) is 18.5 Å². The van der Waals surface area contributed by atoms with Crippen molar-refractivity contribution in [3.8, 4) is 12.3 Å². The van der Waals surface area contributed by atoms with Gasteiger partial charge in [0.25, 0.3) is 5.91 Å². The molecule has 4 nitrogen and oxygen atoms in total. The van der Waals surface area contributed by atoms with Crippen molar-refractivity contribution in [2.75, 3.05) is 0 Å². The molecule has 1 rings (SSSR count). The van der Waals surface area contributed by atoms with Gasteiger partial charge in [0.15, 0.2) is 0 Å². The van der Waals surface area contributed by atoms with Gasteiger partial charge in [0.05, 0.1) is 11.7 Å². The van der Waals surface area contributed by atoms with Crippen molar-refractivity contribution in [1.82, 2.24) is 15.1 Å². The smallest absolute Gasteiger partial charge is 0.270 e. The Bertz CT molecular complexity index is 428. The number of hydrogen-bond donors (Lipinski definition) is 1. The predicted molar refractivity (Wildman–Crippen MR) is 67.6 cm³/mol. The molecule has 4 heteroatoms. The Morgan fingerprint density at radius 2 is 2.35 bits per heavy atom. The molecule has 0 radical (unpaired) electrons. The van der Waals surface area contributed by atoms with E-state index in [1.165, 1.54) is 0 Å². The quantitative estimate of drug-likeness (QED) is 0.787. The molecule has 1 N–H and O–H groups in total. The molecule has 0 aromatic carbocycles. The van der Waals surface area contributed by atoms with Crippen molar-refractivity contribution >= 4 is 5.91 Å². The third-order valence-electron chi connectivity index (χ3n) is 2.52. The van der Waals surface area contributed by atoms with Gasteiger partial charge in [0.1, 0.15) is 5.69 Å². The minimum absolute atomic E-state index is 0.149. The van der Waals surface area contributed by atoms with E-state index >= 15 is 0 Å². The average molecular weight is 233 g/mol. The number of aryl methyl sites for hydroxylation is 2. The SMILES string of the molecule is C#CC(CCC)NC(=O)c1cc(C)nn1CC. The third-order valence-corrected chi connectivity index (χ3v) is 2.52. The molecule has 0 fully saturated rings. The number of hydrogen-bond acceptors (Lipinski definition) is 2. The number of nitrogens with one attached hydrogen (secondary N) is 1. The van der Waals surface area contributed by atoms with Crippen LogP contribution >= 0.6 is 0 Å². The second-order valence-electron chi connectivity index (χ2n) is 3.97. The van der Waals surface area contributed by atoms with Gasteiger partial charge in [-0.25, -0.2) is 0 Å². The minimum atomic E-state index is -0.201. The van der Waals surface area contributed by atoms with Crippen LogP contribution in [0.5, 0.6) is 0 Å². The van der Waals surface area contributed by atoms with Gasteiger partial charge in [-0.1, -0.05) is 19.3 Å². The summed E-state index contributed by atoms with van der Waals surface area (Å²) in [5.41, 5.74) is 1.41. The van der Waals surface area contributed by atoms with Gasteiger partial charge in [-0.2, -0.15) is 5.10 Å². The summed E-state index contributed by atoms with van der Waals surface area (Å²) in [6, 6.07) is 1.58. The maximum atomic E-state index is 12.0. The molecule has 1 unspecified atom stereocenters. The lowest BCUT2D eigenvalue weighted by Crippen LogP contribution is -2.34. The Morgan fingerprint density at radius 1 is 1.65 bits per heavy atom. The van der Waals surface area contributed by atoms with Crippen LogP contribution in [0.4, 0.5) is 0 Å². The molecule has 1 aromatic rings. The van der Waals surface area contributed by atoms with Crippen LogP contribution in [-0.4, -0.2) is 21.7 Å². The molecule has 1 aromatic heterocycles. The molecule has 17 heavy (non-hydrogen) atoms. The number of aromatic nitrogens is 2. The fourth-order valence-electron chi connectivity index (χ4n) is 1.69. The van der Waals surface area contributed by atoms with Gasteiger partial charge >= 0.3 is 0 Å². The van der Waals surface area contributed by atoms with Gasteiger partial charge in [-0.15, -0.1) is 6.42 Å². The van der Waals surface area contributed by atoms with Crippen molar-refractivity contribution in [3.63, 3.8) is 0 Å². The van der Waals surface area contributed by atoms with Crippen LogP contribution in [0.3, 0.4) is 0 Å². The van der Waals surface area contributed by atoms with E-state index in [0.29, 0.717) is 12.2 Å². The van der Waals surface area contributed by atoms with Crippen molar-refractivity contribution < 1.29 is 4.79 Å². The van der Waals surface area contributed by atoms with Crippen LogP contribution in [0.15, 0.2) is 6.07 Å². The number of terminal acetylenes is 1. The summed E-state index contributed by atoms with van der Waals surface area (Å²) < 4.78 is 1.68. The summed E-state index contributed by atoms with van der Waals surface area (Å²) in [4.78, 5) is 12.0. The number of rotatable bonds is 5. The van der Waals surface area contributed by atoms with Gasteiger partial charge in [0.2, 0.25) is 0 Å². The Balaban J connectivity index is 2.79. The van der Waals surface area contributed by atoms with Crippen molar-refractivity contribution in [1.29, 1.82) is 0 Å². The Morgan fingerprint density at radius 3 is 2.88 bits per heavy atom. The zero-order chi connectivity index (χ0) is 12.8. The highest BCUT2D eigenvalue weighted by Gasteiger charge is 2.15. The number of carbonyl (C=O) groups is 1. The summed E-state index contributed by atoms with van der Waals surface area (Å²) in [6.07, 6.45) is 7.11. The Labute approximate surface area is 102 Å². The Hall–Kier alpha value is -1.76. The standard InChI is InChI=1S/C13H19N3O/c1-5-8-11(6-2)14-13(17)12-9-10(4)15-16(12)7-3/h2,9,11H,5,7-8H2,1,3-4H3,(H,14,17). The average Bonchev–Trinajstić information content (AvgIpc) is 2.69. The number of carbonyl (C=O) groups excluding carboxylic acids is 1. The van der Waals surface area contributed by atoms with E-state index in [2.05, 4.69) is 16.3 Å². The summed E-state index contributed by atoms with van der Waals surface area (Å²) in [6.45, 7) is 6.53. The highest BCUT2D eigenvalue weighted by molar-refractivity contribution is 5.93. The third kappa shape index (κ3) is 3.35. The highest BCUT2D eigenvalue weighted by Crippen LogP contribution is 2.05.